The second-order valence-corrected chi connectivity index (χ2v) is 9.86. The third-order valence-electron chi connectivity index (χ3n) is 5.45. The minimum Gasteiger partial charge on any atom is -0.323 e. The van der Waals surface area contributed by atoms with Gasteiger partial charge in [-0.25, -0.2) is 0 Å². The van der Waals surface area contributed by atoms with E-state index >= 15 is 0 Å². The van der Waals surface area contributed by atoms with Gasteiger partial charge in [0.2, 0.25) is 0 Å². The van der Waals surface area contributed by atoms with E-state index in [-0.39, 0.29) is 22.9 Å². The van der Waals surface area contributed by atoms with Gasteiger partial charge in [0.25, 0.3) is 0 Å². The SMILES string of the molecule is CC(C)(C)C1=CC(N)C(N)(CC2(N)C=CC(C(C)(C)C)=CC2N)C=C1. The molecule has 8 N–H and O–H groups in total. The molecule has 4 nitrogen and oxygen atoms in total. The molecule has 0 radical (unpaired) electrons. The molecule has 0 aromatic heterocycles. The van der Waals surface area contributed by atoms with Gasteiger partial charge in [-0.2, -0.15) is 0 Å². The summed E-state index contributed by atoms with van der Waals surface area (Å²) in [6.07, 6.45) is 12.8. The van der Waals surface area contributed by atoms with E-state index in [1.165, 1.54) is 11.1 Å². The Morgan fingerprint density at radius 2 is 1.08 bits per heavy atom. The van der Waals surface area contributed by atoms with Crippen molar-refractivity contribution in [1.29, 1.82) is 0 Å². The van der Waals surface area contributed by atoms with Crippen LogP contribution in [0.1, 0.15) is 48.0 Å². The molecule has 0 aromatic rings. The van der Waals surface area contributed by atoms with E-state index in [1.807, 2.05) is 12.2 Å². The Morgan fingerprint density at radius 3 is 1.32 bits per heavy atom. The smallest absolute Gasteiger partial charge is 0.0554 e. The van der Waals surface area contributed by atoms with Gasteiger partial charge in [0.1, 0.15) is 0 Å². The van der Waals surface area contributed by atoms with Crippen LogP contribution in [0.3, 0.4) is 0 Å². The fraction of sp³-hybridized carbons (Fsp3) is 0.619. The zero-order valence-electron chi connectivity index (χ0n) is 16.6. The molecule has 2 aliphatic carbocycles. The van der Waals surface area contributed by atoms with Crippen LogP contribution in [0.5, 0.6) is 0 Å². The van der Waals surface area contributed by atoms with Gasteiger partial charge in [0, 0.05) is 12.1 Å². The number of allylic oxidation sites excluding steroid dienone is 4. The maximum Gasteiger partial charge on any atom is 0.0554 e. The van der Waals surface area contributed by atoms with E-state index in [2.05, 4.69) is 65.8 Å². The Kier molecular flexibility index (Phi) is 4.99. The molecule has 0 aliphatic heterocycles. The molecule has 0 amide bonds. The van der Waals surface area contributed by atoms with Gasteiger partial charge in [0.15, 0.2) is 0 Å². The molecule has 0 bridgehead atoms. The average molecular weight is 345 g/mol. The quantitative estimate of drug-likeness (QED) is 0.618. The van der Waals surface area contributed by atoms with Gasteiger partial charge in [-0.3, -0.25) is 0 Å². The molecule has 140 valence electrons. The molecule has 0 spiro atoms. The highest BCUT2D eigenvalue weighted by atomic mass is 14.9. The molecule has 0 saturated carbocycles. The summed E-state index contributed by atoms with van der Waals surface area (Å²) in [5.74, 6) is 0. The van der Waals surface area contributed by atoms with Crippen molar-refractivity contribution in [3.8, 4) is 0 Å². The van der Waals surface area contributed by atoms with Crippen LogP contribution in [-0.4, -0.2) is 23.2 Å². The van der Waals surface area contributed by atoms with Crippen molar-refractivity contribution in [2.24, 2.45) is 33.8 Å². The molecule has 4 heteroatoms. The summed E-state index contributed by atoms with van der Waals surface area (Å²) in [6, 6.07) is -0.582. The first-order chi connectivity index (χ1) is 11.2. The summed E-state index contributed by atoms with van der Waals surface area (Å²) in [6.45, 7) is 13.0. The Balaban J connectivity index is 2.23. The van der Waals surface area contributed by atoms with E-state index in [4.69, 9.17) is 22.9 Å². The molecule has 0 aromatic carbocycles. The predicted molar refractivity (Wildman–Crippen MR) is 108 cm³/mol. The van der Waals surface area contributed by atoms with Gasteiger partial charge in [-0.15, -0.1) is 0 Å². The Labute approximate surface area is 153 Å². The number of nitrogens with two attached hydrogens (primary N) is 4. The molecule has 0 heterocycles. The van der Waals surface area contributed by atoms with Gasteiger partial charge in [-0.05, 0) is 28.4 Å². The second kappa shape index (κ2) is 6.20. The minimum atomic E-state index is -0.710. The van der Waals surface area contributed by atoms with E-state index < -0.39 is 11.1 Å². The fourth-order valence-electron chi connectivity index (χ4n) is 3.40. The normalized spacial score (nSPS) is 36.2. The van der Waals surface area contributed by atoms with E-state index in [1.54, 1.807) is 0 Å². The highest BCUT2D eigenvalue weighted by molar-refractivity contribution is 5.41. The monoisotopic (exact) mass is 344 g/mol. The molecule has 4 unspecified atom stereocenters. The lowest BCUT2D eigenvalue weighted by Gasteiger charge is -2.44. The summed E-state index contributed by atoms with van der Waals surface area (Å²) in [5, 5.41) is 0. The molecule has 4 atom stereocenters. The average Bonchev–Trinajstić information content (AvgIpc) is 2.43. The maximum atomic E-state index is 6.66. The van der Waals surface area contributed by atoms with Crippen LogP contribution in [-0.2, 0) is 0 Å². The van der Waals surface area contributed by atoms with Gasteiger partial charge < -0.3 is 22.9 Å². The van der Waals surface area contributed by atoms with Crippen molar-refractivity contribution in [3.05, 3.63) is 47.6 Å². The zero-order valence-corrected chi connectivity index (χ0v) is 16.6. The summed E-state index contributed by atoms with van der Waals surface area (Å²) in [5.41, 5.74) is 27.2. The predicted octanol–water partition coefficient (Wildman–Crippen LogP) is 2.51. The first-order valence-electron chi connectivity index (χ1n) is 9.09. The van der Waals surface area contributed by atoms with Crippen molar-refractivity contribution in [1.82, 2.24) is 0 Å². The first kappa shape index (κ1) is 20.1. The molecule has 0 fully saturated rings. The maximum absolute atomic E-state index is 6.66. The Hall–Kier alpha value is -1.20. The van der Waals surface area contributed by atoms with Crippen molar-refractivity contribution in [3.63, 3.8) is 0 Å². The van der Waals surface area contributed by atoms with Crippen LogP contribution in [0.2, 0.25) is 0 Å². The summed E-state index contributed by atoms with van der Waals surface area (Å²) in [4.78, 5) is 0. The third kappa shape index (κ3) is 4.14. The van der Waals surface area contributed by atoms with Gasteiger partial charge >= 0.3 is 0 Å². The Bertz CT molecular complexity index is 586. The number of rotatable bonds is 2. The van der Waals surface area contributed by atoms with Crippen LogP contribution < -0.4 is 22.9 Å². The van der Waals surface area contributed by atoms with E-state index in [0.29, 0.717) is 6.42 Å². The van der Waals surface area contributed by atoms with Gasteiger partial charge in [0.05, 0.1) is 11.1 Å². The van der Waals surface area contributed by atoms with E-state index in [9.17, 15) is 0 Å². The lowest BCUT2D eigenvalue weighted by atomic mass is 9.68. The summed E-state index contributed by atoms with van der Waals surface area (Å²) >= 11 is 0. The van der Waals surface area contributed by atoms with E-state index in [0.717, 1.165) is 0 Å². The van der Waals surface area contributed by atoms with Crippen molar-refractivity contribution in [2.75, 3.05) is 0 Å². The van der Waals surface area contributed by atoms with Crippen molar-refractivity contribution < 1.29 is 0 Å². The van der Waals surface area contributed by atoms with Gasteiger partial charge in [-0.1, -0.05) is 78.0 Å². The second-order valence-electron chi connectivity index (χ2n) is 9.86. The molecule has 2 aliphatic rings. The van der Waals surface area contributed by atoms with Crippen LogP contribution in [0.15, 0.2) is 47.6 Å². The summed E-state index contributed by atoms with van der Waals surface area (Å²) < 4.78 is 0. The topological polar surface area (TPSA) is 104 Å². The number of hydrogen-bond acceptors (Lipinski definition) is 4. The van der Waals surface area contributed by atoms with Crippen LogP contribution in [0.4, 0.5) is 0 Å². The Morgan fingerprint density at radius 1 is 0.760 bits per heavy atom. The van der Waals surface area contributed by atoms with Crippen molar-refractivity contribution >= 4 is 0 Å². The minimum absolute atomic E-state index is 0.0430. The molecule has 2 rings (SSSR count). The molecular formula is C21H36N4. The lowest BCUT2D eigenvalue weighted by Crippen LogP contribution is -2.64. The third-order valence-corrected chi connectivity index (χ3v) is 5.45. The molecular weight excluding hydrogens is 308 g/mol. The van der Waals surface area contributed by atoms with Crippen LogP contribution in [0.25, 0.3) is 0 Å². The highest BCUT2D eigenvalue weighted by Crippen LogP contribution is 2.37. The number of hydrogen-bond donors (Lipinski definition) is 4. The highest BCUT2D eigenvalue weighted by Gasteiger charge is 2.43. The molecule has 25 heavy (non-hydrogen) atoms. The molecule has 0 saturated heterocycles. The van der Waals surface area contributed by atoms with Crippen LogP contribution in [0, 0.1) is 10.8 Å². The first-order valence-corrected chi connectivity index (χ1v) is 9.09. The summed E-state index contributed by atoms with van der Waals surface area (Å²) in [7, 11) is 0. The van der Waals surface area contributed by atoms with Crippen LogP contribution >= 0.6 is 0 Å². The standard InChI is InChI=1S/C21H36N4/c1-18(2,3)14-7-9-20(24,16(22)11-14)13-21(25)10-8-15(12-17(21)23)19(4,5)6/h7-12,16-17H,13,22-25H2,1-6H3. The largest absolute Gasteiger partial charge is 0.323 e. The fourth-order valence-corrected chi connectivity index (χ4v) is 3.40. The zero-order chi connectivity index (χ0) is 19.3. The van der Waals surface area contributed by atoms with Crippen molar-refractivity contribution in [2.45, 2.75) is 71.1 Å². The lowest BCUT2D eigenvalue weighted by molar-refractivity contribution is 0.315.